The minimum atomic E-state index is -0.486. The topological polar surface area (TPSA) is 30.2 Å². The van der Waals surface area contributed by atoms with Gasteiger partial charge >= 0.3 is 5.63 Å². The molecule has 2 nitrogen and oxygen atoms in total. The smallest absolute Gasteiger partial charge is 0.344 e. The van der Waals surface area contributed by atoms with Crippen LogP contribution in [0.5, 0.6) is 0 Å². The van der Waals surface area contributed by atoms with Crippen LogP contribution in [-0.4, -0.2) is 0 Å². The van der Waals surface area contributed by atoms with E-state index < -0.39 is 11.4 Å². The highest BCUT2D eigenvalue weighted by molar-refractivity contribution is 6.04. The standard InChI is InChI=1S/C17H15FO2/c1-2-3-6-11-9-10-13-12-7-4-5-8-14(12)17(19)20-16(13)15(11)18/h4-5,7-10H,2-3,6H2,1H3. The molecule has 0 radical (unpaired) electrons. The molecule has 3 rings (SSSR count). The predicted molar refractivity (Wildman–Crippen MR) is 78.6 cm³/mol. The molecule has 1 heterocycles. The summed E-state index contributed by atoms with van der Waals surface area (Å²) in [6.07, 6.45) is 2.58. The van der Waals surface area contributed by atoms with E-state index in [1.165, 1.54) is 0 Å². The first-order valence-electron chi connectivity index (χ1n) is 6.85. The van der Waals surface area contributed by atoms with Crippen molar-refractivity contribution in [3.05, 3.63) is 58.2 Å². The molecule has 0 fully saturated rings. The van der Waals surface area contributed by atoms with Gasteiger partial charge in [-0.3, -0.25) is 0 Å². The zero-order valence-electron chi connectivity index (χ0n) is 11.3. The van der Waals surface area contributed by atoms with E-state index in [0.29, 0.717) is 22.8 Å². The van der Waals surface area contributed by atoms with E-state index in [1.807, 2.05) is 18.2 Å². The van der Waals surface area contributed by atoms with E-state index in [9.17, 15) is 9.18 Å². The highest BCUT2D eigenvalue weighted by Gasteiger charge is 2.13. The van der Waals surface area contributed by atoms with E-state index in [1.54, 1.807) is 18.2 Å². The van der Waals surface area contributed by atoms with Crippen LogP contribution in [0.4, 0.5) is 4.39 Å². The minimum absolute atomic E-state index is 0.0716. The summed E-state index contributed by atoms with van der Waals surface area (Å²) in [5.41, 5.74) is 0.194. The first kappa shape index (κ1) is 12.9. The second-order valence-corrected chi connectivity index (χ2v) is 4.95. The van der Waals surface area contributed by atoms with E-state index in [4.69, 9.17) is 4.42 Å². The summed E-state index contributed by atoms with van der Waals surface area (Å²) >= 11 is 0. The second-order valence-electron chi connectivity index (χ2n) is 4.95. The average Bonchev–Trinajstić information content (AvgIpc) is 2.48. The molecule has 0 bridgehead atoms. The molecule has 0 saturated carbocycles. The molecule has 0 amide bonds. The van der Waals surface area contributed by atoms with Gasteiger partial charge in [0.05, 0.1) is 5.39 Å². The van der Waals surface area contributed by atoms with Gasteiger partial charge in [0.25, 0.3) is 0 Å². The lowest BCUT2D eigenvalue weighted by Gasteiger charge is -2.07. The van der Waals surface area contributed by atoms with Crippen molar-refractivity contribution in [2.24, 2.45) is 0 Å². The van der Waals surface area contributed by atoms with Crippen LogP contribution in [0.15, 0.2) is 45.6 Å². The molecule has 0 spiro atoms. The molecular formula is C17H15FO2. The Morgan fingerprint density at radius 2 is 1.80 bits per heavy atom. The fourth-order valence-electron chi connectivity index (χ4n) is 2.51. The highest BCUT2D eigenvalue weighted by Crippen LogP contribution is 2.27. The van der Waals surface area contributed by atoms with Gasteiger partial charge < -0.3 is 4.42 Å². The van der Waals surface area contributed by atoms with Crippen LogP contribution < -0.4 is 5.63 Å². The Balaban J connectivity index is 2.33. The second kappa shape index (κ2) is 5.08. The fourth-order valence-corrected chi connectivity index (χ4v) is 2.51. The molecule has 0 atom stereocenters. The molecule has 1 aromatic heterocycles. The van der Waals surface area contributed by atoms with Crippen LogP contribution in [0.1, 0.15) is 25.3 Å². The molecule has 0 unspecified atom stereocenters. The molecule has 0 aliphatic rings. The molecule has 0 saturated heterocycles. The first-order chi connectivity index (χ1) is 9.72. The summed E-state index contributed by atoms with van der Waals surface area (Å²) in [4.78, 5) is 11.9. The Hall–Kier alpha value is -2.16. The summed E-state index contributed by atoms with van der Waals surface area (Å²) < 4.78 is 19.7. The third-order valence-corrected chi connectivity index (χ3v) is 3.61. The van der Waals surface area contributed by atoms with Crippen molar-refractivity contribution in [2.75, 3.05) is 0 Å². The van der Waals surface area contributed by atoms with Gasteiger partial charge in [-0.05, 0) is 24.5 Å². The molecule has 3 heteroatoms. The van der Waals surface area contributed by atoms with Crippen molar-refractivity contribution in [2.45, 2.75) is 26.2 Å². The van der Waals surface area contributed by atoms with Gasteiger partial charge in [-0.1, -0.05) is 43.7 Å². The number of benzene rings is 2. The molecule has 0 aliphatic heterocycles. The van der Waals surface area contributed by atoms with Crippen LogP contribution in [-0.2, 0) is 6.42 Å². The molecule has 2 aromatic carbocycles. The number of rotatable bonds is 3. The monoisotopic (exact) mass is 270 g/mol. The maximum absolute atomic E-state index is 14.5. The van der Waals surface area contributed by atoms with Gasteiger partial charge in [-0.2, -0.15) is 0 Å². The third-order valence-electron chi connectivity index (χ3n) is 3.61. The van der Waals surface area contributed by atoms with Gasteiger partial charge in [0.1, 0.15) is 0 Å². The van der Waals surface area contributed by atoms with Crippen LogP contribution >= 0.6 is 0 Å². The summed E-state index contributed by atoms with van der Waals surface area (Å²) in [5, 5.41) is 1.87. The van der Waals surface area contributed by atoms with Gasteiger partial charge in [0.15, 0.2) is 11.4 Å². The van der Waals surface area contributed by atoms with Gasteiger partial charge in [0.2, 0.25) is 0 Å². The van der Waals surface area contributed by atoms with Crippen LogP contribution in [0.25, 0.3) is 21.7 Å². The maximum Gasteiger partial charge on any atom is 0.344 e. The van der Waals surface area contributed by atoms with E-state index in [2.05, 4.69) is 6.92 Å². The Labute approximate surface area is 115 Å². The number of hydrogen-bond acceptors (Lipinski definition) is 2. The number of aryl methyl sites for hydroxylation is 1. The average molecular weight is 270 g/mol. The minimum Gasteiger partial charge on any atom is -0.419 e. The van der Waals surface area contributed by atoms with Crippen molar-refractivity contribution < 1.29 is 8.81 Å². The van der Waals surface area contributed by atoms with Gasteiger partial charge in [-0.25, -0.2) is 9.18 Å². The van der Waals surface area contributed by atoms with Crippen molar-refractivity contribution in [3.63, 3.8) is 0 Å². The lowest BCUT2D eigenvalue weighted by Crippen LogP contribution is -2.02. The van der Waals surface area contributed by atoms with Crippen molar-refractivity contribution in [1.82, 2.24) is 0 Å². The fraction of sp³-hybridized carbons (Fsp3) is 0.235. The summed E-state index contributed by atoms with van der Waals surface area (Å²) in [6.45, 7) is 2.06. The van der Waals surface area contributed by atoms with Gasteiger partial charge in [0, 0.05) is 10.8 Å². The van der Waals surface area contributed by atoms with Crippen molar-refractivity contribution in [1.29, 1.82) is 0 Å². The van der Waals surface area contributed by atoms with E-state index >= 15 is 0 Å². The predicted octanol–water partition coefficient (Wildman–Crippen LogP) is 4.43. The quantitative estimate of drug-likeness (QED) is 0.520. The maximum atomic E-state index is 14.5. The van der Waals surface area contributed by atoms with E-state index in [-0.39, 0.29) is 5.58 Å². The Kier molecular flexibility index (Phi) is 3.26. The lowest BCUT2D eigenvalue weighted by atomic mass is 10.0. The normalized spacial score (nSPS) is 11.3. The van der Waals surface area contributed by atoms with Crippen molar-refractivity contribution in [3.8, 4) is 0 Å². The third kappa shape index (κ3) is 1.99. The first-order valence-corrected chi connectivity index (χ1v) is 6.85. The number of halogens is 1. The Morgan fingerprint density at radius 1 is 1.05 bits per heavy atom. The molecule has 0 aliphatic carbocycles. The molecule has 3 aromatic rings. The molecule has 102 valence electrons. The highest BCUT2D eigenvalue weighted by atomic mass is 19.1. The van der Waals surface area contributed by atoms with Crippen LogP contribution in [0, 0.1) is 5.82 Å². The van der Waals surface area contributed by atoms with Crippen LogP contribution in [0.3, 0.4) is 0 Å². The summed E-state index contributed by atoms with van der Waals surface area (Å²) in [7, 11) is 0. The Morgan fingerprint density at radius 3 is 2.55 bits per heavy atom. The zero-order chi connectivity index (χ0) is 14.1. The Bertz CT molecular complexity index is 833. The SMILES string of the molecule is CCCCc1ccc2c(oc(=O)c3ccccc32)c1F. The molecule has 0 N–H and O–H groups in total. The summed E-state index contributed by atoms with van der Waals surface area (Å²) in [6, 6.07) is 10.8. The lowest BCUT2D eigenvalue weighted by molar-refractivity contribution is 0.523. The van der Waals surface area contributed by atoms with E-state index in [0.717, 1.165) is 18.2 Å². The van der Waals surface area contributed by atoms with Crippen LogP contribution in [0.2, 0.25) is 0 Å². The van der Waals surface area contributed by atoms with Gasteiger partial charge in [-0.15, -0.1) is 0 Å². The zero-order valence-corrected chi connectivity index (χ0v) is 11.3. The number of fused-ring (bicyclic) bond motifs is 3. The molecule has 20 heavy (non-hydrogen) atoms. The van der Waals surface area contributed by atoms with Crippen molar-refractivity contribution >= 4 is 21.7 Å². The summed E-state index contributed by atoms with van der Waals surface area (Å²) in [5.74, 6) is -0.404. The number of hydrogen-bond donors (Lipinski definition) is 0. The number of unbranched alkanes of at least 4 members (excludes halogenated alkanes) is 1. The largest absolute Gasteiger partial charge is 0.419 e. The molecular weight excluding hydrogens is 255 g/mol.